The van der Waals surface area contributed by atoms with Crippen molar-refractivity contribution in [1.29, 1.82) is 0 Å². The lowest BCUT2D eigenvalue weighted by Crippen LogP contribution is -2.26. The van der Waals surface area contributed by atoms with Crippen LogP contribution in [0.3, 0.4) is 0 Å². The van der Waals surface area contributed by atoms with Crippen molar-refractivity contribution < 1.29 is 4.79 Å². The number of halogens is 1. The highest BCUT2D eigenvalue weighted by atomic mass is 79.9. The second kappa shape index (κ2) is 7.25. The highest BCUT2D eigenvalue weighted by molar-refractivity contribution is 9.10. The molecule has 0 saturated heterocycles. The molecule has 0 unspecified atom stereocenters. The first-order valence-electron chi connectivity index (χ1n) is 9.29. The zero-order valence-corrected chi connectivity index (χ0v) is 17.9. The Hall–Kier alpha value is -2.76. The molecule has 4 aromatic carbocycles. The maximum atomic E-state index is 12.9. The minimum Gasteiger partial charge on any atom is -0.306 e. The van der Waals surface area contributed by atoms with Gasteiger partial charge in [0, 0.05) is 9.86 Å². The van der Waals surface area contributed by atoms with Crippen molar-refractivity contribution in [3.63, 3.8) is 0 Å². The van der Waals surface area contributed by atoms with Crippen molar-refractivity contribution in [2.75, 3.05) is 9.62 Å². The fourth-order valence-corrected chi connectivity index (χ4v) is 4.50. The van der Waals surface area contributed by atoms with E-state index in [1.165, 1.54) is 26.6 Å². The minimum absolute atomic E-state index is 0.289. The van der Waals surface area contributed by atoms with E-state index in [0.717, 1.165) is 33.0 Å². The number of thiol groups is 1. The summed E-state index contributed by atoms with van der Waals surface area (Å²) in [6, 6.07) is 25.9. The summed E-state index contributed by atoms with van der Waals surface area (Å²) in [6.45, 7) is 0. The fourth-order valence-electron chi connectivity index (χ4n) is 3.92. The molecule has 5 rings (SSSR count). The monoisotopic (exact) mass is 460 g/mol. The van der Waals surface area contributed by atoms with E-state index >= 15 is 0 Å². The molecular formula is C24H17BrN2OS. The number of amides is 2. The van der Waals surface area contributed by atoms with Gasteiger partial charge >= 0.3 is 6.03 Å². The van der Waals surface area contributed by atoms with Gasteiger partial charge in [0.25, 0.3) is 0 Å². The van der Waals surface area contributed by atoms with Crippen molar-refractivity contribution in [2.45, 2.75) is 6.42 Å². The number of urea groups is 1. The molecular weight excluding hydrogens is 444 g/mol. The van der Waals surface area contributed by atoms with Crippen LogP contribution in [0.25, 0.3) is 21.9 Å². The van der Waals surface area contributed by atoms with E-state index in [2.05, 4.69) is 58.3 Å². The Labute approximate surface area is 183 Å². The minimum atomic E-state index is -0.289. The second-order valence-corrected chi connectivity index (χ2v) is 8.40. The largest absolute Gasteiger partial charge is 0.336 e. The normalized spacial score (nSPS) is 11.8. The third-order valence-electron chi connectivity index (χ3n) is 5.30. The van der Waals surface area contributed by atoms with E-state index in [9.17, 15) is 4.79 Å². The number of hydrogen-bond acceptors (Lipinski definition) is 2. The Morgan fingerprint density at radius 1 is 0.897 bits per heavy atom. The number of hydrogen-bond donors (Lipinski definition) is 2. The van der Waals surface area contributed by atoms with Crippen LogP contribution in [0.1, 0.15) is 11.1 Å². The average molecular weight is 461 g/mol. The first-order valence-corrected chi connectivity index (χ1v) is 10.5. The van der Waals surface area contributed by atoms with Crippen LogP contribution in [0.15, 0.2) is 83.3 Å². The SMILES string of the molecule is O=C(Nc1cccc2ccccc12)N(S)c1ccc2c(c1)Cc1cc(Br)ccc1-2. The van der Waals surface area contributed by atoms with Gasteiger partial charge in [0.2, 0.25) is 0 Å². The van der Waals surface area contributed by atoms with E-state index < -0.39 is 0 Å². The van der Waals surface area contributed by atoms with E-state index in [1.807, 2.05) is 54.6 Å². The molecule has 2 amide bonds. The maximum absolute atomic E-state index is 12.9. The van der Waals surface area contributed by atoms with Crippen LogP contribution in [0.5, 0.6) is 0 Å². The predicted octanol–water partition coefficient (Wildman–Crippen LogP) is 7.06. The van der Waals surface area contributed by atoms with Crippen molar-refractivity contribution in [1.82, 2.24) is 0 Å². The molecule has 0 heterocycles. The van der Waals surface area contributed by atoms with Gasteiger partial charge in [0.15, 0.2) is 0 Å². The molecule has 1 N–H and O–H groups in total. The molecule has 4 aromatic rings. The van der Waals surface area contributed by atoms with Gasteiger partial charge in [0.1, 0.15) is 0 Å². The summed E-state index contributed by atoms with van der Waals surface area (Å²) in [5.74, 6) is 0. The Bertz CT molecular complexity index is 1270. The predicted molar refractivity (Wildman–Crippen MR) is 127 cm³/mol. The Balaban J connectivity index is 1.41. The van der Waals surface area contributed by atoms with Crippen LogP contribution >= 0.6 is 28.7 Å². The molecule has 142 valence electrons. The van der Waals surface area contributed by atoms with Gasteiger partial charge in [-0.05, 0) is 64.4 Å². The van der Waals surface area contributed by atoms with E-state index in [1.54, 1.807) is 0 Å². The first kappa shape index (κ1) is 18.3. The molecule has 1 aliphatic carbocycles. The number of nitrogens with zero attached hydrogens (tertiary/aromatic N) is 1. The zero-order chi connectivity index (χ0) is 20.0. The van der Waals surface area contributed by atoms with Gasteiger partial charge in [-0.2, -0.15) is 0 Å². The van der Waals surface area contributed by atoms with Crippen LogP contribution in [-0.2, 0) is 6.42 Å². The molecule has 1 aliphatic rings. The number of carbonyl (C=O) groups excluding carboxylic acids is 1. The molecule has 5 heteroatoms. The third kappa shape index (κ3) is 3.30. The summed E-state index contributed by atoms with van der Waals surface area (Å²) in [6.07, 6.45) is 0.852. The first-order chi connectivity index (χ1) is 14.1. The fraction of sp³-hybridized carbons (Fsp3) is 0.0417. The quantitative estimate of drug-likeness (QED) is 0.271. The summed E-state index contributed by atoms with van der Waals surface area (Å²) in [4.78, 5) is 12.9. The van der Waals surface area contributed by atoms with Crippen LogP contribution in [0.4, 0.5) is 16.2 Å². The molecule has 0 spiro atoms. The summed E-state index contributed by atoms with van der Waals surface area (Å²) < 4.78 is 2.44. The molecule has 0 fully saturated rings. The van der Waals surface area contributed by atoms with Crippen LogP contribution in [0, 0.1) is 0 Å². The molecule has 3 nitrogen and oxygen atoms in total. The smallest absolute Gasteiger partial charge is 0.306 e. The number of nitrogens with one attached hydrogen (secondary N) is 1. The van der Waals surface area contributed by atoms with Gasteiger partial charge in [-0.3, -0.25) is 0 Å². The Morgan fingerprint density at radius 2 is 1.62 bits per heavy atom. The summed E-state index contributed by atoms with van der Waals surface area (Å²) in [5.41, 5.74) is 6.47. The maximum Gasteiger partial charge on any atom is 0.336 e. The van der Waals surface area contributed by atoms with Crippen molar-refractivity contribution >= 4 is 56.9 Å². The molecule has 0 aliphatic heterocycles. The number of benzene rings is 4. The molecule has 0 saturated carbocycles. The summed E-state index contributed by atoms with van der Waals surface area (Å²) >= 11 is 8.01. The van der Waals surface area contributed by atoms with Gasteiger partial charge < -0.3 is 5.32 Å². The van der Waals surface area contributed by atoms with Gasteiger partial charge in [0.05, 0.1) is 11.4 Å². The molecule has 0 atom stereocenters. The van der Waals surface area contributed by atoms with E-state index in [0.29, 0.717) is 0 Å². The lowest BCUT2D eigenvalue weighted by molar-refractivity contribution is 0.260. The molecule has 0 bridgehead atoms. The Morgan fingerprint density at radius 3 is 2.48 bits per heavy atom. The zero-order valence-electron chi connectivity index (χ0n) is 15.4. The number of anilines is 2. The second-order valence-electron chi connectivity index (χ2n) is 7.09. The van der Waals surface area contributed by atoms with Gasteiger partial charge in [-0.25, -0.2) is 9.10 Å². The van der Waals surface area contributed by atoms with Crippen molar-refractivity contribution in [2.24, 2.45) is 0 Å². The third-order valence-corrected chi connectivity index (χ3v) is 6.20. The number of fused-ring (bicyclic) bond motifs is 4. The van der Waals surface area contributed by atoms with E-state index in [-0.39, 0.29) is 6.03 Å². The van der Waals surface area contributed by atoms with Gasteiger partial charge in [-0.1, -0.05) is 77.3 Å². The highest BCUT2D eigenvalue weighted by Gasteiger charge is 2.21. The van der Waals surface area contributed by atoms with Crippen molar-refractivity contribution in [3.05, 3.63) is 94.5 Å². The molecule has 29 heavy (non-hydrogen) atoms. The topological polar surface area (TPSA) is 32.3 Å². The molecule has 0 radical (unpaired) electrons. The van der Waals surface area contributed by atoms with Crippen molar-refractivity contribution in [3.8, 4) is 11.1 Å². The standard InChI is InChI=1S/C24H17BrN2OS/c25-18-8-10-20-16(13-18)12-17-14-19(9-11-21(17)20)27(29)24(28)26-23-7-3-5-15-4-1-2-6-22(15)23/h1-11,13-14,29H,12H2,(H,26,28). The highest BCUT2D eigenvalue weighted by Crippen LogP contribution is 2.39. The molecule has 0 aromatic heterocycles. The summed E-state index contributed by atoms with van der Waals surface area (Å²) in [5, 5.41) is 5.06. The Kier molecular flexibility index (Phi) is 4.57. The van der Waals surface area contributed by atoms with Crippen LogP contribution < -0.4 is 9.62 Å². The summed E-state index contributed by atoms with van der Waals surface area (Å²) in [7, 11) is 0. The average Bonchev–Trinajstić information content (AvgIpc) is 3.10. The van der Waals surface area contributed by atoms with Crippen LogP contribution in [-0.4, -0.2) is 6.03 Å². The van der Waals surface area contributed by atoms with Crippen LogP contribution in [0.2, 0.25) is 0 Å². The van der Waals surface area contributed by atoms with Gasteiger partial charge in [-0.15, -0.1) is 0 Å². The lowest BCUT2D eigenvalue weighted by Gasteiger charge is -2.18. The number of carbonyl (C=O) groups is 1. The lowest BCUT2D eigenvalue weighted by atomic mass is 10.1. The van der Waals surface area contributed by atoms with E-state index in [4.69, 9.17) is 0 Å². The number of rotatable bonds is 2.